The fraction of sp³-hybridized carbons (Fsp3) is 0.615. The van der Waals surface area contributed by atoms with E-state index in [1.54, 1.807) is 16.3 Å². The molecule has 0 aliphatic carbocycles. The smallest absolute Gasteiger partial charge is 0.253 e. The van der Waals surface area contributed by atoms with Crippen molar-refractivity contribution < 1.29 is 13.2 Å². The van der Waals surface area contributed by atoms with Gasteiger partial charge >= 0.3 is 0 Å². The molecule has 8 heteroatoms. The van der Waals surface area contributed by atoms with E-state index in [1.807, 2.05) is 13.8 Å². The molecule has 1 aliphatic rings. The molecule has 0 spiro atoms. The van der Waals surface area contributed by atoms with Gasteiger partial charge in [0.05, 0.1) is 0 Å². The highest BCUT2D eigenvalue weighted by molar-refractivity contribution is 9.10. The van der Waals surface area contributed by atoms with Gasteiger partial charge in [-0.2, -0.15) is 4.31 Å². The average molecular weight is 395 g/mol. The zero-order valence-corrected chi connectivity index (χ0v) is 15.3. The number of thiophene rings is 1. The topological polar surface area (TPSA) is 57.7 Å². The molecule has 2 heterocycles. The van der Waals surface area contributed by atoms with Crippen molar-refractivity contribution in [1.82, 2.24) is 9.21 Å². The van der Waals surface area contributed by atoms with Gasteiger partial charge in [-0.1, -0.05) is 13.8 Å². The number of carbonyl (C=O) groups excluding carboxylic acids is 1. The summed E-state index contributed by atoms with van der Waals surface area (Å²) in [6.07, 6.45) is 0.517. The minimum Gasteiger partial charge on any atom is -0.340 e. The van der Waals surface area contributed by atoms with Crippen molar-refractivity contribution in [2.75, 3.05) is 26.2 Å². The van der Waals surface area contributed by atoms with E-state index in [0.29, 0.717) is 47.2 Å². The molecule has 2 rings (SSSR count). The zero-order chi connectivity index (χ0) is 15.6. The summed E-state index contributed by atoms with van der Waals surface area (Å²) in [5.41, 5.74) is 0. The second kappa shape index (κ2) is 6.76. The first-order chi connectivity index (χ1) is 9.82. The third-order valence-electron chi connectivity index (χ3n) is 3.33. The summed E-state index contributed by atoms with van der Waals surface area (Å²) >= 11 is 4.48. The van der Waals surface area contributed by atoms with E-state index in [0.717, 1.165) is 0 Å². The molecule has 0 N–H and O–H groups in total. The first kappa shape index (κ1) is 16.9. The molecular weight excluding hydrogens is 376 g/mol. The Morgan fingerprint density at radius 3 is 2.43 bits per heavy atom. The van der Waals surface area contributed by atoms with Gasteiger partial charge in [0.25, 0.3) is 10.0 Å². The molecule has 0 radical (unpaired) electrons. The van der Waals surface area contributed by atoms with E-state index < -0.39 is 10.0 Å². The Morgan fingerprint density at radius 2 is 1.95 bits per heavy atom. The van der Waals surface area contributed by atoms with E-state index in [-0.39, 0.29) is 5.91 Å². The highest BCUT2D eigenvalue weighted by Gasteiger charge is 2.32. The Kier molecular flexibility index (Phi) is 5.45. The predicted octanol–water partition coefficient (Wildman–Crippen LogP) is 2.39. The number of rotatable bonds is 4. The van der Waals surface area contributed by atoms with E-state index >= 15 is 0 Å². The maximum absolute atomic E-state index is 12.5. The summed E-state index contributed by atoms with van der Waals surface area (Å²) in [4.78, 5) is 13.8. The minimum absolute atomic E-state index is 0.111. The summed E-state index contributed by atoms with van der Waals surface area (Å²) in [5.74, 6) is 0.431. The number of halogens is 1. The molecule has 1 amide bonds. The second-order valence-electron chi connectivity index (χ2n) is 5.44. The maximum Gasteiger partial charge on any atom is 0.253 e. The fourth-order valence-corrected chi connectivity index (χ4v) is 6.11. The van der Waals surface area contributed by atoms with Crippen molar-refractivity contribution in [3.05, 3.63) is 15.9 Å². The Labute approximate surface area is 138 Å². The Bertz CT molecular complexity index is 605. The molecule has 0 aromatic carbocycles. The zero-order valence-electron chi connectivity index (χ0n) is 12.1. The van der Waals surface area contributed by atoms with Gasteiger partial charge in [-0.05, 0) is 33.3 Å². The largest absolute Gasteiger partial charge is 0.340 e. The minimum atomic E-state index is -3.45. The van der Waals surface area contributed by atoms with Crippen LogP contribution >= 0.6 is 27.3 Å². The summed E-state index contributed by atoms with van der Waals surface area (Å²) in [6.45, 7) is 5.66. The van der Waals surface area contributed by atoms with Gasteiger partial charge < -0.3 is 4.90 Å². The first-order valence-electron chi connectivity index (χ1n) is 6.83. The van der Waals surface area contributed by atoms with Crippen molar-refractivity contribution in [2.45, 2.75) is 24.5 Å². The van der Waals surface area contributed by atoms with E-state index in [9.17, 15) is 13.2 Å². The number of nitrogens with zero attached hydrogens (tertiary/aromatic N) is 2. The SMILES string of the molecule is CC(C)CC(=O)N1CCN(S(=O)(=O)c2sccc2Br)CC1. The number of piperazine rings is 1. The summed E-state index contributed by atoms with van der Waals surface area (Å²) < 4.78 is 27.5. The van der Waals surface area contributed by atoms with Crippen LogP contribution in [0.15, 0.2) is 20.1 Å². The Balaban J connectivity index is 2.01. The Hall–Kier alpha value is -0.440. The lowest BCUT2D eigenvalue weighted by atomic mass is 10.1. The molecule has 1 fully saturated rings. The molecule has 118 valence electrons. The van der Waals surface area contributed by atoms with Gasteiger partial charge in [-0.15, -0.1) is 11.3 Å². The van der Waals surface area contributed by atoms with Crippen LogP contribution in [-0.2, 0) is 14.8 Å². The number of sulfonamides is 1. The van der Waals surface area contributed by atoms with Crippen molar-refractivity contribution >= 4 is 43.2 Å². The van der Waals surface area contributed by atoms with Gasteiger partial charge in [-0.3, -0.25) is 4.79 Å². The van der Waals surface area contributed by atoms with Crippen LogP contribution in [0.5, 0.6) is 0 Å². The van der Waals surface area contributed by atoms with Crippen molar-refractivity contribution in [1.29, 1.82) is 0 Å². The van der Waals surface area contributed by atoms with Crippen LogP contribution in [0.4, 0.5) is 0 Å². The quantitative estimate of drug-likeness (QED) is 0.787. The average Bonchev–Trinajstić information content (AvgIpc) is 2.85. The molecule has 5 nitrogen and oxygen atoms in total. The van der Waals surface area contributed by atoms with Gasteiger partial charge in [0, 0.05) is 37.1 Å². The monoisotopic (exact) mass is 394 g/mol. The molecule has 1 aromatic heterocycles. The maximum atomic E-state index is 12.5. The van der Waals surface area contributed by atoms with Crippen molar-refractivity contribution in [3.63, 3.8) is 0 Å². The fourth-order valence-electron chi connectivity index (χ4n) is 2.24. The summed E-state index contributed by atoms with van der Waals surface area (Å²) in [6, 6.07) is 1.74. The van der Waals surface area contributed by atoms with Gasteiger partial charge in [-0.25, -0.2) is 8.42 Å². The number of hydrogen-bond acceptors (Lipinski definition) is 4. The van der Waals surface area contributed by atoms with Crippen LogP contribution in [-0.4, -0.2) is 49.7 Å². The van der Waals surface area contributed by atoms with Crippen LogP contribution in [0.2, 0.25) is 0 Å². The highest BCUT2D eigenvalue weighted by Crippen LogP contribution is 2.30. The highest BCUT2D eigenvalue weighted by atomic mass is 79.9. The molecule has 0 bridgehead atoms. The van der Waals surface area contributed by atoms with Crippen LogP contribution in [0.25, 0.3) is 0 Å². The number of hydrogen-bond donors (Lipinski definition) is 0. The molecule has 0 unspecified atom stereocenters. The van der Waals surface area contributed by atoms with E-state index in [4.69, 9.17) is 0 Å². The van der Waals surface area contributed by atoms with Crippen molar-refractivity contribution in [3.8, 4) is 0 Å². The Morgan fingerprint density at radius 1 is 1.33 bits per heavy atom. The molecule has 21 heavy (non-hydrogen) atoms. The van der Waals surface area contributed by atoms with Crippen LogP contribution in [0, 0.1) is 5.92 Å². The molecule has 0 saturated carbocycles. The lowest BCUT2D eigenvalue weighted by molar-refractivity contribution is -0.133. The van der Waals surface area contributed by atoms with Gasteiger partial charge in [0.2, 0.25) is 5.91 Å². The molecular formula is C13H19BrN2O3S2. The predicted molar refractivity (Wildman–Crippen MR) is 86.8 cm³/mol. The van der Waals surface area contributed by atoms with Crippen LogP contribution in [0.3, 0.4) is 0 Å². The lowest BCUT2D eigenvalue weighted by Gasteiger charge is -2.34. The normalized spacial score (nSPS) is 17.4. The number of amides is 1. The van der Waals surface area contributed by atoms with Crippen LogP contribution in [0.1, 0.15) is 20.3 Å². The van der Waals surface area contributed by atoms with E-state index in [1.165, 1.54) is 15.6 Å². The molecule has 1 saturated heterocycles. The lowest BCUT2D eigenvalue weighted by Crippen LogP contribution is -2.50. The standard InChI is InChI=1S/C13H19BrN2O3S2/c1-10(2)9-12(17)15-4-6-16(7-5-15)21(18,19)13-11(14)3-8-20-13/h3,8,10H,4-7,9H2,1-2H3. The molecule has 1 aliphatic heterocycles. The van der Waals surface area contributed by atoms with Crippen LogP contribution < -0.4 is 0 Å². The third-order valence-corrected chi connectivity index (χ3v) is 7.88. The first-order valence-corrected chi connectivity index (χ1v) is 9.94. The van der Waals surface area contributed by atoms with Gasteiger partial charge in [0.15, 0.2) is 0 Å². The van der Waals surface area contributed by atoms with Crippen molar-refractivity contribution in [2.24, 2.45) is 5.92 Å². The molecule has 0 atom stereocenters. The number of carbonyl (C=O) groups is 1. The van der Waals surface area contributed by atoms with Gasteiger partial charge in [0.1, 0.15) is 4.21 Å². The summed E-state index contributed by atoms with van der Waals surface area (Å²) in [7, 11) is -3.45. The summed E-state index contributed by atoms with van der Waals surface area (Å²) in [5, 5.41) is 1.75. The second-order valence-corrected chi connectivity index (χ2v) is 9.34. The molecule has 1 aromatic rings. The third kappa shape index (κ3) is 3.85. The van der Waals surface area contributed by atoms with E-state index in [2.05, 4.69) is 15.9 Å².